The highest BCUT2D eigenvalue weighted by Gasteiger charge is 2.21. The standard InChI is InChI=1S/C19H31N3O2/c1-14(2)18(9-11-23)21-19(24)20-12-15(3)22-10-8-16-6-4-5-7-17(16)13-22/h4-7,14-15,18,23H,8-13H2,1-3H3,(H2,20,21,24). The number of aliphatic hydroxyl groups is 1. The summed E-state index contributed by atoms with van der Waals surface area (Å²) in [6, 6.07) is 8.73. The van der Waals surface area contributed by atoms with Gasteiger partial charge in [-0.1, -0.05) is 38.1 Å². The van der Waals surface area contributed by atoms with Crippen LogP contribution >= 0.6 is 0 Å². The van der Waals surface area contributed by atoms with Crippen LogP contribution in [0.4, 0.5) is 4.79 Å². The van der Waals surface area contributed by atoms with Crippen molar-refractivity contribution in [3.63, 3.8) is 0 Å². The van der Waals surface area contributed by atoms with E-state index < -0.39 is 0 Å². The summed E-state index contributed by atoms with van der Waals surface area (Å²) in [6.07, 6.45) is 1.65. The number of urea groups is 1. The van der Waals surface area contributed by atoms with Gasteiger partial charge in [0.25, 0.3) is 0 Å². The molecular weight excluding hydrogens is 302 g/mol. The van der Waals surface area contributed by atoms with E-state index in [9.17, 15) is 4.79 Å². The first-order chi connectivity index (χ1) is 11.5. The SMILES string of the molecule is CC(C)C(CCO)NC(=O)NCC(C)N1CCc2ccccc2C1. The maximum atomic E-state index is 12.1. The van der Waals surface area contributed by atoms with Crippen LogP contribution in [0.15, 0.2) is 24.3 Å². The Bertz CT molecular complexity index is 533. The molecule has 134 valence electrons. The van der Waals surface area contributed by atoms with Crippen LogP contribution < -0.4 is 10.6 Å². The average molecular weight is 333 g/mol. The Labute approximate surface area is 145 Å². The van der Waals surface area contributed by atoms with Gasteiger partial charge < -0.3 is 15.7 Å². The van der Waals surface area contributed by atoms with Gasteiger partial charge in [0.2, 0.25) is 0 Å². The van der Waals surface area contributed by atoms with Crippen LogP contribution in [0.1, 0.15) is 38.3 Å². The Morgan fingerprint density at radius 1 is 1.25 bits per heavy atom. The topological polar surface area (TPSA) is 64.6 Å². The summed E-state index contributed by atoms with van der Waals surface area (Å²) >= 11 is 0. The number of nitrogens with one attached hydrogen (secondary N) is 2. The van der Waals surface area contributed by atoms with E-state index in [-0.39, 0.29) is 18.7 Å². The van der Waals surface area contributed by atoms with Gasteiger partial charge in [-0.3, -0.25) is 4.90 Å². The summed E-state index contributed by atoms with van der Waals surface area (Å²) in [4.78, 5) is 14.5. The summed E-state index contributed by atoms with van der Waals surface area (Å²) in [5, 5.41) is 15.0. The van der Waals surface area contributed by atoms with Crippen LogP contribution in [0.2, 0.25) is 0 Å². The van der Waals surface area contributed by atoms with E-state index in [2.05, 4.69) is 60.6 Å². The number of amides is 2. The monoisotopic (exact) mass is 333 g/mol. The van der Waals surface area contributed by atoms with Crippen LogP contribution in [-0.4, -0.2) is 47.8 Å². The first-order valence-corrected chi connectivity index (χ1v) is 8.97. The third kappa shape index (κ3) is 5.21. The highest BCUT2D eigenvalue weighted by Crippen LogP contribution is 2.19. The lowest BCUT2D eigenvalue weighted by atomic mass is 9.99. The zero-order valence-electron chi connectivity index (χ0n) is 15.1. The molecule has 1 aliphatic heterocycles. The second-order valence-electron chi connectivity index (χ2n) is 7.06. The van der Waals surface area contributed by atoms with Gasteiger partial charge in [0.1, 0.15) is 0 Å². The lowest BCUT2D eigenvalue weighted by Gasteiger charge is -2.34. The molecule has 0 bridgehead atoms. The van der Waals surface area contributed by atoms with Crippen molar-refractivity contribution in [2.45, 2.75) is 52.2 Å². The molecule has 1 heterocycles. The molecule has 0 fully saturated rings. The van der Waals surface area contributed by atoms with E-state index in [0.717, 1.165) is 19.5 Å². The van der Waals surface area contributed by atoms with Crippen molar-refractivity contribution in [3.8, 4) is 0 Å². The minimum absolute atomic E-state index is 0.00664. The quantitative estimate of drug-likeness (QED) is 0.716. The number of hydrogen-bond acceptors (Lipinski definition) is 3. The molecule has 1 aliphatic rings. The van der Waals surface area contributed by atoms with E-state index in [1.54, 1.807) is 0 Å². The molecule has 2 unspecified atom stereocenters. The van der Waals surface area contributed by atoms with E-state index in [1.165, 1.54) is 11.1 Å². The van der Waals surface area contributed by atoms with Crippen molar-refractivity contribution < 1.29 is 9.90 Å². The van der Waals surface area contributed by atoms with Crippen molar-refractivity contribution in [2.24, 2.45) is 5.92 Å². The Morgan fingerprint density at radius 2 is 1.96 bits per heavy atom. The second kappa shape index (κ2) is 9.04. The maximum absolute atomic E-state index is 12.1. The van der Waals surface area contributed by atoms with Gasteiger partial charge in [-0.05, 0) is 36.8 Å². The van der Waals surface area contributed by atoms with Gasteiger partial charge in [-0.2, -0.15) is 0 Å². The van der Waals surface area contributed by atoms with E-state index in [4.69, 9.17) is 5.11 Å². The molecule has 1 aromatic carbocycles. The minimum atomic E-state index is -0.147. The summed E-state index contributed by atoms with van der Waals surface area (Å²) in [7, 11) is 0. The summed E-state index contributed by atoms with van der Waals surface area (Å²) in [6.45, 7) is 8.94. The highest BCUT2D eigenvalue weighted by molar-refractivity contribution is 5.74. The molecule has 5 nitrogen and oxygen atoms in total. The minimum Gasteiger partial charge on any atom is -0.396 e. The molecule has 0 spiro atoms. The van der Waals surface area contributed by atoms with Gasteiger partial charge in [-0.15, -0.1) is 0 Å². The third-order valence-electron chi connectivity index (χ3n) is 4.90. The largest absolute Gasteiger partial charge is 0.396 e. The van der Waals surface area contributed by atoms with Crippen LogP contribution in [0.25, 0.3) is 0 Å². The Kier molecular flexibility index (Phi) is 7.06. The maximum Gasteiger partial charge on any atom is 0.315 e. The molecule has 2 amide bonds. The van der Waals surface area contributed by atoms with Crippen LogP contribution in [0.3, 0.4) is 0 Å². The molecule has 1 aromatic rings. The van der Waals surface area contributed by atoms with Crippen molar-refractivity contribution in [3.05, 3.63) is 35.4 Å². The van der Waals surface area contributed by atoms with Gasteiger partial charge >= 0.3 is 6.03 Å². The number of fused-ring (bicyclic) bond motifs is 1. The van der Waals surface area contributed by atoms with Crippen LogP contribution in [-0.2, 0) is 13.0 Å². The first-order valence-electron chi connectivity index (χ1n) is 8.97. The molecule has 0 saturated carbocycles. The lowest BCUT2D eigenvalue weighted by molar-refractivity contribution is 0.182. The number of nitrogens with zero attached hydrogens (tertiary/aromatic N) is 1. The van der Waals surface area contributed by atoms with Gasteiger partial charge in [0.15, 0.2) is 0 Å². The van der Waals surface area contributed by atoms with E-state index in [1.807, 2.05) is 0 Å². The van der Waals surface area contributed by atoms with Crippen LogP contribution in [0, 0.1) is 5.92 Å². The molecule has 5 heteroatoms. The Morgan fingerprint density at radius 3 is 2.62 bits per heavy atom. The smallest absolute Gasteiger partial charge is 0.315 e. The summed E-state index contributed by atoms with van der Waals surface area (Å²) < 4.78 is 0. The van der Waals surface area contributed by atoms with Gasteiger partial charge in [-0.25, -0.2) is 4.79 Å². The van der Waals surface area contributed by atoms with Crippen molar-refractivity contribution in [2.75, 3.05) is 19.7 Å². The highest BCUT2D eigenvalue weighted by atomic mass is 16.3. The number of carbonyl (C=O) groups is 1. The zero-order valence-corrected chi connectivity index (χ0v) is 15.1. The molecule has 0 saturated heterocycles. The van der Waals surface area contributed by atoms with Crippen molar-refractivity contribution >= 4 is 6.03 Å². The molecule has 2 atom stereocenters. The molecular formula is C19H31N3O2. The predicted molar refractivity (Wildman–Crippen MR) is 96.9 cm³/mol. The number of hydrogen-bond donors (Lipinski definition) is 3. The second-order valence-corrected chi connectivity index (χ2v) is 7.06. The number of carbonyl (C=O) groups excluding carboxylic acids is 1. The fraction of sp³-hybridized carbons (Fsp3) is 0.632. The molecule has 0 aliphatic carbocycles. The zero-order chi connectivity index (χ0) is 17.5. The van der Waals surface area contributed by atoms with E-state index in [0.29, 0.717) is 24.9 Å². The molecule has 24 heavy (non-hydrogen) atoms. The average Bonchev–Trinajstić information content (AvgIpc) is 2.58. The number of aliphatic hydroxyl groups excluding tert-OH is 1. The fourth-order valence-corrected chi connectivity index (χ4v) is 3.19. The molecule has 2 rings (SSSR count). The Balaban J connectivity index is 1.79. The van der Waals surface area contributed by atoms with Crippen LogP contribution in [0.5, 0.6) is 0 Å². The van der Waals surface area contributed by atoms with Gasteiger partial charge in [0.05, 0.1) is 0 Å². The first kappa shape index (κ1) is 18.7. The normalized spacial score (nSPS) is 17.2. The van der Waals surface area contributed by atoms with E-state index >= 15 is 0 Å². The van der Waals surface area contributed by atoms with Crippen molar-refractivity contribution in [1.82, 2.24) is 15.5 Å². The summed E-state index contributed by atoms with van der Waals surface area (Å²) in [5.74, 6) is 0.305. The molecule has 0 radical (unpaired) electrons. The van der Waals surface area contributed by atoms with Crippen molar-refractivity contribution in [1.29, 1.82) is 0 Å². The summed E-state index contributed by atoms with van der Waals surface area (Å²) in [5.41, 5.74) is 2.83. The third-order valence-corrected chi connectivity index (χ3v) is 4.90. The number of benzene rings is 1. The number of rotatable bonds is 7. The lowest BCUT2D eigenvalue weighted by Crippen LogP contribution is -2.49. The van der Waals surface area contributed by atoms with Gasteiger partial charge in [0, 0.05) is 38.3 Å². The Hall–Kier alpha value is -1.59. The predicted octanol–water partition coefficient (Wildman–Crippen LogP) is 2.14. The fourth-order valence-electron chi connectivity index (χ4n) is 3.19. The molecule has 0 aromatic heterocycles. The molecule has 3 N–H and O–H groups in total.